The molecule has 0 amide bonds. The first kappa shape index (κ1) is 16.5. The number of nitrogens with zero attached hydrogens (tertiary/aromatic N) is 3. The molecule has 2 rings (SSSR count). The summed E-state index contributed by atoms with van der Waals surface area (Å²) < 4.78 is 3.29. The Labute approximate surface area is 128 Å². The average molecular weight is 308 g/mol. The van der Waals surface area contributed by atoms with Crippen molar-refractivity contribution in [1.29, 1.82) is 0 Å². The minimum Gasteiger partial charge on any atom is -0.393 e. The van der Waals surface area contributed by atoms with Crippen LogP contribution in [0.3, 0.4) is 0 Å². The maximum atomic E-state index is 12.1. The zero-order valence-corrected chi connectivity index (χ0v) is 13.4. The van der Waals surface area contributed by atoms with Gasteiger partial charge in [-0.1, -0.05) is 13.3 Å². The lowest BCUT2D eigenvalue weighted by Gasteiger charge is -2.07. The van der Waals surface area contributed by atoms with Crippen LogP contribution in [-0.2, 0) is 20.0 Å². The molecular formula is C15H24N4O3. The fraction of sp³-hybridized carbons (Fsp3) is 0.667. The predicted molar refractivity (Wildman–Crippen MR) is 85.1 cm³/mol. The van der Waals surface area contributed by atoms with Crippen LogP contribution in [0.25, 0.3) is 11.2 Å². The lowest BCUT2D eigenvalue weighted by Crippen LogP contribution is -2.29. The first-order valence-corrected chi connectivity index (χ1v) is 7.82. The van der Waals surface area contributed by atoms with E-state index in [4.69, 9.17) is 0 Å². The van der Waals surface area contributed by atoms with Gasteiger partial charge >= 0.3 is 5.69 Å². The first-order valence-electron chi connectivity index (χ1n) is 7.82. The van der Waals surface area contributed by atoms with Crippen LogP contribution in [0.5, 0.6) is 0 Å². The van der Waals surface area contributed by atoms with Crippen molar-refractivity contribution in [2.24, 2.45) is 7.05 Å². The standard InChI is InChI=1S/C15H24N4O3/c1-4-9-19-11(8-6-5-7-10(2)20)16-13-12(19)14(21)17-15(22)18(13)3/h10,20H,4-9H2,1-3H3,(H,17,21,22). The Kier molecular flexibility index (Phi) is 5.18. The van der Waals surface area contributed by atoms with Gasteiger partial charge in [-0.05, 0) is 26.2 Å². The molecule has 0 radical (unpaired) electrons. The van der Waals surface area contributed by atoms with Gasteiger partial charge in [0.15, 0.2) is 11.2 Å². The molecule has 0 aromatic carbocycles. The molecule has 122 valence electrons. The highest BCUT2D eigenvalue weighted by atomic mass is 16.3. The van der Waals surface area contributed by atoms with Gasteiger partial charge in [0.05, 0.1) is 6.10 Å². The Morgan fingerprint density at radius 1 is 1.32 bits per heavy atom. The third kappa shape index (κ3) is 3.30. The monoisotopic (exact) mass is 308 g/mol. The molecule has 2 N–H and O–H groups in total. The molecule has 1 atom stereocenters. The van der Waals surface area contributed by atoms with Gasteiger partial charge in [-0.3, -0.25) is 14.3 Å². The van der Waals surface area contributed by atoms with Crippen LogP contribution in [0.1, 0.15) is 45.4 Å². The second kappa shape index (κ2) is 6.91. The van der Waals surface area contributed by atoms with Crippen molar-refractivity contribution in [3.8, 4) is 0 Å². The third-order valence-electron chi connectivity index (χ3n) is 3.81. The molecule has 7 heteroatoms. The minimum absolute atomic E-state index is 0.293. The van der Waals surface area contributed by atoms with Crippen LogP contribution in [0.15, 0.2) is 9.59 Å². The SMILES string of the molecule is CCCn1c(CCCCC(C)O)nc2c1c(=O)[nH]c(=O)n2C. The molecule has 7 nitrogen and oxygen atoms in total. The zero-order valence-electron chi connectivity index (χ0n) is 13.4. The molecule has 0 aliphatic carbocycles. The second-order valence-electron chi connectivity index (χ2n) is 5.76. The average Bonchev–Trinajstić information content (AvgIpc) is 2.81. The van der Waals surface area contributed by atoms with Crippen LogP contribution in [0.4, 0.5) is 0 Å². The molecule has 1 unspecified atom stereocenters. The van der Waals surface area contributed by atoms with Gasteiger partial charge in [-0.2, -0.15) is 0 Å². The molecule has 2 aromatic heterocycles. The van der Waals surface area contributed by atoms with Gasteiger partial charge in [0.25, 0.3) is 5.56 Å². The van der Waals surface area contributed by atoms with Crippen molar-refractivity contribution in [2.75, 3.05) is 0 Å². The lowest BCUT2D eigenvalue weighted by atomic mass is 10.1. The number of unbranched alkanes of at least 4 members (excludes halogenated alkanes) is 1. The van der Waals surface area contributed by atoms with Crippen LogP contribution < -0.4 is 11.2 Å². The van der Waals surface area contributed by atoms with Gasteiger partial charge in [-0.25, -0.2) is 9.78 Å². The van der Waals surface area contributed by atoms with Crippen LogP contribution in [0, 0.1) is 0 Å². The highest BCUT2D eigenvalue weighted by Gasteiger charge is 2.16. The number of aromatic nitrogens is 4. The van der Waals surface area contributed by atoms with Gasteiger partial charge in [0.2, 0.25) is 0 Å². The second-order valence-corrected chi connectivity index (χ2v) is 5.76. The summed E-state index contributed by atoms with van der Waals surface area (Å²) in [5.74, 6) is 0.828. The van der Waals surface area contributed by atoms with Gasteiger partial charge < -0.3 is 9.67 Å². The number of fused-ring (bicyclic) bond motifs is 1. The van der Waals surface area contributed by atoms with Crippen LogP contribution in [0.2, 0.25) is 0 Å². The van der Waals surface area contributed by atoms with E-state index in [9.17, 15) is 14.7 Å². The van der Waals surface area contributed by atoms with Crippen molar-refractivity contribution in [3.05, 3.63) is 26.7 Å². The van der Waals surface area contributed by atoms with Gasteiger partial charge in [0.1, 0.15) is 5.82 Å². The Hall–Kier alpha value is -1.89. The number of H-pyrrole nitrogens is 1. The summed E-state index contributed by atoms with van der Waals surface area (Å²) in [6, 6.07) is 0. The maximum absolute atomic E-state index is 12.1. The quantitative estimate of drug-likeness (QED) is 0.744. The number of rotatable bonds is 7. The molecule has 2 aromatic rings. The number of nitrogens with one attached hydrogen (secondary N) is 1. The normalized spacial score (nSPS) is 12.9. The fourth-order valence-corrected chi connectivity index (χ4v) is 2.66. The largest absolute Gasteiger partial charge is 0.393 e. The Morgan fingerprint density at radius 3 is 2.68 bits per heavy atom. The number of imidazole rings is 1. The van der Waals surface area contributed by atoms with E-state index in [2.05, 4.69) is 9.97 Å². The highest BCUT2D eigenvalue weighted by molar-refractivity contribution is 5.70. The maximum Gasteiger partial charge on any atom is 0.329 e. The van der Waals surface area contributed by atoms with Crippen LogP contribution >= 0.6 is 0 Å². The van der Waals surface area contributed by atoms with Crippen molar-refractivity contribution >= 4 is 11.2 Å². The van der Waals surface area contributed by atoms with Crippen LogP contribution in [-0.4, -0.2) is 30.3 Å². The molecule has 22 heavy (non-hydrogen) atoms. The van der Waals surface area contributed by atoms with E-state index in [-0.39, 0.29) is 11.7 Å². The Bertz CT molecular complexity index is 754. The number of hydrogen-bond donors (Lipinski definition) is 2. The summed E-state index contributed by atoms with van der Waals surface area (Å²) in [5.41, 5.74) is 0.0794. The van der Waals surface area contributed by atoms with Gasteiger partial charge in [-0.15, -0.1) is 0 Å². The molecule has 0 spiro atoms. The number of aromatic amines is 1. The van der Waals surface area contributed by atoms with E-state index >= 15 is 0 Å². The molecule has 0 aliphatic rings. The van der Waals surface area contributed by atoms with Crippen molar-refractivity contribution in [1.82, 2.24) is 19.1 Å². The zero-order chi connectivity index (χ0) is 16.3. The molecule has 0 bridgehead atoms. The topological polar surface area (TPSA) is 92.9 Å². The summed E-state index contributed by atoms with van der Waals surface area (Å²) in [6.45, 7) is 4.52. The number of aliphatic hydroxyl groups is 1. The van der Waals surface area contributed by atoms with E-state index in [0.29, 0.717) is 17.7 Å². The smallest absolute Gasteiger partial charge is 0.329 e. The van der Waals surface area contributed by atoms with E-state index in [1.54, 1.807) is 14.0 Å². The Balaban J connectivity index is 2.39. The third-order valence-corrected chi connectivity index (χ3v) is 3.81. The molecule has 0 aliphatic heterocycles. The lowest BCUT2D eigenvalue weighted by molar-refractivity contribution is 0.180. The number of hydrogen-bond acceptors (Lipinski definition) is 4. The highest BCUT2D eigenvalue weighted by Crippen LogP contribution is 2.14. The predicted octanol–water partition coefficient (Wildman–Crippen LogP) is 0.927. The summed E-state index contributed by atoms with van der Waals surface area (Å²) >= 11 is 0. The molecule has 0 saturated carbocycles. The molecule has 2 heterocycles. The summed E-state index contributed by atoms with van der Waals surface area (Å²) in [6.07, 6.45) is 3.88. The van der Waals surface area contributed by atoms with Crippen molar-refractivity contribution < 1.29 is 5.11 Å². The Morgan fingerprint density at radius 2 is 2.05 bits per heavy atom. The van der Waals surface area contributed by atoms with E-state index in [1.165, 1.54) is 4.57 Å². The number of aryl methyl sites for hydroxylation is 3. The molecule has 0 saturated heterocycles. The minimum atomic E-state index is -0.445. The van der Waals surface area contributed by atoms with Gasteiger partial charge in [0, 0.05) is 20.0 Å². The molecule has 0 fully saturated rings. The first-order chi connectivity index (χ1) is 10.5. The van der Waals surface area contributed by atoms with E-state index < -0.39 is 5.69 Å². The van der Waals surface area contributed by atoms with Crippen molar-refractivity contribution in [2.45, 2.75) is 58.6 Å². The van der Waals surface area contributed by atoms with Crippen molar-refractivity contribution in [3.63, 3.8) is 0 Å². The van der Waals surface area contributed by atoms with E-state index in [0.717, 1.165) is 37.9 Å². The fourth-order valence-electron chi connectivity index (χ4n) is 2.66. The summed E-state index contributed by atoms with van der Waals surface area (Å²) in [7, 11) is 1.61. The summed E-state index contributed by atoms with van der Waals surface area (Å²) in [5, 5.41) is 9.30. The van der Waals surface area contributed by atoms with E-state index in [1.807, 2.05) is 11.5 Å². The molecular weight excluding hydrogens is 284 g/mol. The summed E-state index contributed by atoms with van der Waals surface area (Å²) in [4.78, 5) is 30.7. The number of aliphatic hydroxyl groups excluding tert-OH is 1.